The van der Waals surface area contributed by atoms with Gasteiger partial charge in [-0.15, -0.1) is 21.5 Å². The lowest BCUT2D eigenvalue weighted by molar-refractivity contribution is -0.117. The van der Waals surface area contributed by atoms with Gasteiger partial charge >= 0.3 is 0 Å². The van der Waals surface area contributed by atoms with Crippen molar-refractivity contribution in [3.63, 3.8) is 0 Å². The van der Waals surface area contributed by atoms with Gasteiger partial charge in [-0.2, -0.15) is 4.80 Å². The normalized spacial score (nSPS) is 10.6. The number of carbonyl (C=O) groups is 1. The Kier molecular flexibility index (Phi) is 4.30. The molecule has 112 valence electrons. The number of hydrogen-bond acceptors (Lipinski definition) is 5. The highest BCUT2D eigenvalue weighted by Gasteiger charge is 2.10. The van der Waals surface area contributed by atoms with E-state index in [9.17, 15) is 4.79 Å². The van der Waals surface area contributed by atoms with E-state index in [2.05, 4.69) is 36.7 Å². The summed E-state index contributed by atoms with van der Waals surface area (Å²) in [5.41, 5.74) is 1.83. The number of nitrogens with zero attached hydrogens (tertiary/aromatic N) is 4. The van der Waals surface area contributed by atoms with Crippen molar-refractivity contribution in [3.05, 3.63) is 45.7 Å². The number of tetrazole rings is 1. The molecule has 0 atom stereocenters. The molecule has 0 bridgehead atoms. The number of anilines is 1. The van der Waals surface area contributed by atoms with Gasteiger partial charge in [-0.1, -0.05) is 28.1 Å². The first kappa shape index (κ1) is 14.9. The fraction of sp³-hybridized carbons (Fsp3) is 0.143. The molecule has 8 heteroatoms. The number of rotatable bonds is 4. The van der Waals surface area contributed by atoms with Crippen LogP contribution in [0.15, 0.2) is 40.2 Å². The summed E-state index contributed by atoms with van der Waals surface area (Å²) in [6.07, 6.45) is 0. The zero-order chi connectivity index (χ0) is 15.5. The Labute approximate surface area is 139 Å². The quantitative estimate of drug-likeness (QED) is 0.757. The summed E-state index contributed by atoms with van der Waals surface area (Å²) in [7, 11) is 0. The lowest BCUT2D eigenvalue weighted by Gasteiger charge is -2.06. The molecule has 3 rings (SSSR count). The average molecular weight is 378 g/mol. The number of hydrogen-bond donors (Lipinski definition) is 1. The van der Waals surface area contributed by atoms with Crippen molar-refractivity contribution < 1.29 is 4.79 Å². The van der Waals surface area contributed by atoms with Gasteiger partial charge in [-0.3, -0.25) is 4.79 Å². The summed E-state index contributed by atoms with van der Waals surface area (Å²) in [6.45, 7) is 2.00. The van der Waals surface area contributed by atoms with Crippen molar-refractivity contribution in [2.45, 2.75) is 13.5 Å². The Morgan fingerprint density at radius 1 is 1.41 bits per heavy atom. The monoisotopic (exact) mass is 377 g/mol. The molecule has 6 nitrogen and oxygen atoms in total. The van der Waals surface area contributed by atoms with Crippen molar-refractivity contribution in [3.8, 4) is 10.7 Å². The summed E-state index contributed by atoms with van der Waals surface area (Å²) in [6, 6.07) is 9.48. The lowest BCUT2D eigenvalue weighted by Crippen LogP contribution is -2.20. The highest BCUT2D eigenvalue weighted by atomic mass is 79.9. The Bertz CT molecular complexity index is 799. The van der Waals surface area contributed by atoms with Gasteiger partial charge in [0.1, 0.15) is 6.54 Å². The Morgan fingerprint density at radius 2 is 2.27 bits per heavy atom. The van der Waals surface area contributed by atoms with E-state index in [0.717, 1.165) is 20.6 Å². The SMILES string of the molecule is Cc1ccc(NC(=O)Cn2nnc(-c3cccs3)n2)cc1Br. The molecule has 0 fully saturated rings. The van der Waals surface area contributed by atoms with Crippen LogP contribution in [-0.4, -0.2) is 26.1 Å². The van der Waals surface area contributed by atoms with Crippen LogP contribution in [0.2, 0.25) is 0 Å². The van der Waals surface area contributed by atoms with Crippen molar-refractivity contribution in [2.24, 2.45) is 0 Å². The Hall–Kier alpha value is -2.06. The second kappa shape index (κ2) is 6.37. The van der Waals surface area contributed by atoms with E-state index in [0.29, 0.717) is 5.82 Å². The van der Waals surface area contributed by atoms with Crippen molar-refractivity contribution in [1.29, 1.82) is 0 Å². The Morgan fingerprint density at radius 3 is 3.00 bits per heavy atom. The number of benzene rings is 1. The van der Waals surface area contributed by atoms with E-state index < -0.39 is 0 Å². The molecule has 2 heterocycles. The highest BCUT2D eigenvalue weighted by Crippen LogP contribution is 2.21. The predicted molar refractivity (Wildman–Crippen MR) is 88.6 cm³/mol. The van der Waals surface area contributed by atoms with Gasteiger partial charge in [-0.05, 0) is 41.3 Å². The van der Waals surface area contributed by atoms with Gasteiger partial charge in [0, 0.05) is 10.2 Å². The molecule has 0 aliphatic carbocycles. The number of thiophene rings is 1. The topological polar surface area (TPSA) is 72.7 Å². The first-order valence-electron chi connectivity index (χ1n) is 6.49. The maximum atomic E-state index is 12.0. The third-order valence-corrected chi connectivity index (χ3v) is 4.66. The van der Waals surface area contributed by atoms with Crippen molar-refractivity contribution in [2.75, 3.05) is 5.32 Å². The van der Waals surface area contributed by atoms with E-state index in [-0.39, 0.29) is 12.5 Å². The smallest absolute Gasteiger partial charge is 0.248 e. The molecule has 2 aromatic heterocycles. The number of aryl methyl sites for hydroxylation is 1. The molecule has 0 radical (unpaired) electrons. The summed E-state index contributed by atoms with van der Waals surface area (Å²) in [5.74, 6) is 0.326. The van der Waals surface area contributed by atoms with Crippen LogP contribution in [-0.2, 0) is 11.3 Å². The predicted octanol–water partition coefficient (Wildman–Crippen LogP) is 3.11. The third-order valence-electron chi connectivity index (χ3n) is 2.94. The van der Waals surface area contributed by atoms with E-state index in [1.807, 2.05) is 42.6 Å². The molecule has 0 unspecified atom stereocenters. The van der Waals surface area contributed by atoms with Gasteiger partial charge in [-0.25, -0.2) is 0 Å². The second-order valence-corrected chi connectivity index (χ2v) is 6.43. The third kappa shape index (κ3) is 3.40. The Balaban J connectivity index is 1.65. The zero-order valence-electron chi connectivity index (χ0n) is 11.7. The molecule has 1 amide bonds. The zero-order valence-corrected chi connectivity index (χ0v) is 14.1. The number of aromatic nitrogens is 4. The van der Waals surface area contributed by atoms with Gasteiger partial charge in [0.2, 0.25) is 11.7 Å². The molecule has 1 N–H and O–H groups in total. The average Bonchev–Trinajstić information content (AvgIpc) is 3.13. The largest absolute Gasteiger partial charge is 0.324 e. The molecule has 0 spiro atoms. The van der Waals surface area contributed by atoms with Crippen molar-refractivity contribution in [1.82, 2.24) is 20.2 Å². The number of carbonyl (C=O) groups excluding carboxylic acids is 1. The number of amides is 1. The summed E-state index contributed by atoms with van der Waals surface area (Å²) < 4.78 is 0.948. The maximum absolute atomic E-state index is 12.0. The molecule has 0 saturated heterocycles. The molecule has 3 aromatic rings. The minimum absolute atomic E-state index is 0.0177. The molecule has 22 heavy (non-hydrogen) atoms. The van der Waals surface area contributed by atoms with Crippen molar-refractivity contribution >= 4 is 38.9 Å². The second-order valence-electron chi connectivity index (χ2n) is 4.63. The fourth-order valence-electron chi connectivity index (χ4n) is 1.81. The van der Waals surface area contributed by atoms with Gasteiger partial charge in [0.05, 0.1) is 4.88 Å². The van der Waals surface area contributed by atoms with Gasteiger partial charge < -0.3 is 5.32 Å². The van der Waals surface area contributed by atoms with E-state index in [4.69, 9.17) is 0 Å². The van der Waals surface area contributed by atoms with Crippen LogP contribution in [0.4, 0.5) is 5.69 Å². The molecule has 1 aromatic carbocycles. The molecule has 0 aliphatic rings. The van der Waals surface area contributed by atoms with Crippen LogP contribution in [0.3, 0.4) is 0 Å². The fourth-order valence-corrected chi connectivity index (χ4v) is 2.84. The van der Waals surface area contributed by atoms with Gasteiger partial charge in [0.15, 0.2) is 0 Å². The summed E-state index contributed by atoms with van der Waals surface area (Å²) in [5, 5.41) is 16.8. The first-order valence-corrected chi connectivity index (χ1v) is 8.17. The van der Waals surface area contributed by atoms with Crippen LogP contribution in [0, 0.1) is 6.92 Å². The lowest BCUT2D eigenvalue weighted by atomic mass is 10.2. The number of halogens is 1. The van der Waals surface area contributed by atoms with E-state index in [1.165, 1.54) is 16.1 Å². The highest BCUT2D eigenvalue weighted by molar-refractivity contribution is 9.10. The molecule has 0 aliphatic heterocycles. The standard InChI is InChI=1S/C14H12BrN5OS/c1-9-4-5-10(7-11(9)15)16-13(21)8-20-18-14(17-19-20)12-3-2-6-22-12/h2-7H,8H2,1H3,(H,16,21). The molecular weight excluding hydrogens is 366 g/mol. The molecule has 0 saturated carbocycles. The van der Waals surface area contributed by atoms with Gasteiger partial charge in [0.25, 0.3) is 0 Å². The maximum Gasteiger partial charge on any atom is 0.248 e. The number of nitrogens with one attached hydrogen (secondary N) is 1. The van der Waals surface area contributed by atoms with E-state index >= 15 is 0 Å². The minimum Gasteiger partial charge on any atom is -0.324 e. The van der Waals surface area contributed by atoms with Crippen LogP contribution in [0.1, 0.15) is 5.56 Å². The van der Waals surface area contributed by atoms with E-state index in [1.54, 1.807) is 0 Å². The van der Waals surface area contributed by atoms with Crippen LogP contribution >= 0.6 is 27.3 Å². The first-order chi connectivity index (χ1) is 10.6. The van der Waals surface area contributed by atoms with Crippen LogP contribution in [0.25, 0.3) is 10.7 Å². The summed E-state index contributed by atoms with van der Waals surface area (Å²) in [4.78, 5) is 14.2. The molecular formula is C14H12BrN5OS. The van der Waals surface area contributed by atoms with Crippen LogP contribution in [0.5, 0.6) is 0 Å². The van der Waals surface area contributed by atoms with Crippen LogP contribution < -0.4 is 5.32 Å². The minimum atomic E-state index is -0.203. The summed E-state index contributed by atoms with van der Waals surface area (Å²) >= 11 is 4.97.